The van der Waals surface area contributed by atoms with E-state index in [9.17, 15) is 9.90 Å². The Hall–Kier alpha value is -2.69. The smallest absolute Gasteiger partial charge is 0.339 e. The van der Waals surface area contributed by atoms with Crippen LogP contribution in [0.4, 0.5) is 0 Å². The van der Waals surface area contributed by atoms with Crippen molar-refractivity contribution in [2.45, 2.75) is 57.7 Å². The highest BCUT2D eigenvalue weighted by Crippen LogP contribution is 2.21. The monoisotopic (exact) mass is 401 g/mol. The first kappa shape index (κ1) is 25.3. The van der Waals surface area contributed by atoms with Crippen LogP contribution in [-0.4, -0.2) is 21.6 Å². The van der Waals surface area contributed by atoms with Crippen LogP contribution in [0.15, 0.2) is 41.7 Å². The van der Waals surface area contributed by atoms with E-state index in [1.165, 1.54) is 44.3 Å². The van der Waals surface area contributed by atoms with Crippen molar-refractivity contribution in [3.05, 3.63) is 58.4 Å². The SMILES string of the molecule is C#C.C/C=C(O)\C(=C/Cc1ccc(C)c(C#N)c1)C(=O)O.ClC1CCCCC1. The van der Waals surface area contributed by atoms with Crippen molar-refractivity contribution < 1.29 is 15.0 Å². The fraction of sp³-hybridized carbons (Fsp3) is 0.391. The number of nitrogens with zero attached hydrogens (tertiary/aromatic N) is 1. The Bertz CT molecular complexity index is 751. The fourth-order valence-electron chi connectivity index (χ4n) is 2.65. The van der Waals surface area contributed by atoms with Gasteiger partial charge < -0.3 is 10.2 Å². The number of hydrogen-bond acceptors (Lipinski definition) is 3. The molecule has 0 amide bonds. The second-order valence-electron chi connectivity index (χ2n) is 6.30. The van der Waals surface area contributed by atoms with Crippen LogP contribution in [0.1, 0.15) is 55.7 Å². The maximum absolute atomic E-state index is 11.0. The molecule has 2 N–H and O–H groups in total. The van der Waals surface area contributed by atoms with Crippen molar-refractivity contribution in [1.82, 2.24) is 0 Å². The molecule has 0 saturated heterocycles. The topological polar surface area (TPSA) is 81.3 Å². The van der Waals surface area contributed by atoms with Crippen molar-refractivity contribution in [3.8, 4) is 18.9 Å². The number of terminal acetylenes is 1. The average Bonchev–Trinajstić information content (AvgIpc) is 2.71. The van der Waals surface area contributed by atoms with Crippen LogP contribution in [0.3, 0.4) is 0 Å². The van der Waals surface area contributed by atoms with Crippen LogP contribution in [0.25, 0.3) is 0 Å². The van der Waals surface area contributed by atoms with Crippen LogP contribution < -0.4 is 0 Å². The molecule has 0 atom stereocenters. The van der Waals surface area contributed by atoms with E-state index in [0.717, 1.165) is 11.1 Å². The Morgan fingerprint density at radius 3 is 2.32 bits per heavy atom. The molecule has 5 heteroatoms. The highest BCUT2D eigenvalue weighted by molar-refractivity contribution is 6.20. The molecule has 0 aliphatic heterocycles. The number of hydrogen-bond donors (Lipinski definition) is 2. The maximum atomic E-state index is 11.0. The van der Waals surface area contributed by atoms with E-state index in [4.69, 9.17) is 22.0 Å². The molecule has 0 bridgehead atoms. The number of benzene rings is 1. The summed E-state index contributed by atoms with van der Waals surface area (Å²) in [5, 5.41) is 27.9. The number of nitriles is 1. The summed E-state index contributed by atoms with van der Waals surface area (Å²) in [6.07, 6.45) is 17.7. The van der Waals surface area contributed by atoms with Gasteiger partial charge >= 0.3 is 5.97 Å². The van der Waals surface area contributed by atoms with E-state index in [1.54, 1.807) is 13.0 Å². The number of aliphatic hydroxyl groups is 1. The zero-order valence-corrected chi connectivity index (χ0v) is 17.2. The number of aryl methyl sites for hydroxylation is 1. The van der Waals surface area contributed by atoms with Gasteiger partial charge in [0.15, 0.2) is 0 Å². The third kappa shape index (κ3) is 9.31. The summed E-state index contributed by atoms with van der Waals surface area (Å²) in [5.41, 5.74) is 2.13. The van der Waals surface area contributed by atoms with Gasteiger partial charge in [0, 0.05) is 5.38 Å². The number of alkyl halides is 1. The third-order valence-electron chi connectivity index (χ3n) is 4.28. The zero-order valence-electron chi connectivity index (χ0n) is 16.5. The van der Waals surface area contributed by atoms with E-state index in [0.29, 0.717) is 17.4 Å². The van der Waals surface area contributed by atoms with Gasteiger partial charge in [-0.2, -0.15) is 5.26 Å². The molecule has 0 spiro atoms. The maximum Gasteiger partial charge on any atom is 0.339 e. The summed E-state index contributed by atoms with van der Waals surface area (Å²) in [5.74, 6) is -1.44. The summed E-state index contributed by atoms with van der Waals surface area (Å²) >= 11 is 5.82. The molecule has 150 valence electrons. The number of carboxylic acid groups (broad SMARTS) is 1. The Kier molecular flexibility index (Phi) is 13.0. The fourth-order valence-corrected chi connectivity index (χ4v) is 2.95. The lowest BCUT2D eigenvalue weighted by Crippen LogP contribution is -2.04. The van der Waals surface area contributed by atoms with Crippen molar-refractivity contribution in [1.29, 1.82) is 5.26 Å². The lowest BCUT2D eigenvalue weighted by Gasteiger charge is -2.13. The van der Waals surface area contributed by atoms with Gasteiger partial charge in [0.25, 0.3) is 0 Å². The normalized spacial score (nSPS) is 14.6. The molecule has 1 aromatic carbocycles. The summed E-state index contributed by atoms with van der Waals surface area (Å²) in [6.45, 7) is 3.40. The van der Waals surface area contributed by atoms with Crippen molar-refractivity contribution >= 4 is 17.6 Å². The second-order valence-corrected chi connectivity index (χ2v) is 6.91. The zero-order chi connectivity index (χ0) is 21.5. The first-order chi connectivity index (χ1) is 13.4. The minimum absolute atomic E-state index is 0.137. The molecule has 1 aromatic rings. The predicted molar refractivity (Wildman–Crippen MR) is 114 cm³/mol. The van der Waals surface area contributed by atoms with Crippen LogP contribution >= 0.6 is 11.6 Å². The minimum atomic E-state index is -1.18. The molecule has 0 aromatic heterocycles. The van der Waals surface area contributed by atoms with Gasteiger partial charge in [-0.3, -0.25) is 0 Å². The van der Waals surface area contributed by atoms with E-state index in [2.05, 4.69) is 18.9 Å². The molecular formula is C23H28ClNO3. The number of carbonyl (C=O) groups is 1. The van der Waals surface area contributed by atoms with E-state index in [-0.39, 0.29) is 11.3 Å². The quantitative estimate of drug-likeness (QED) is 0.223. The second kappa shape index (κ2) is 14.4. The van der Waals surface area contributed by atoms with E-state index >= 15 is 0 Å². The molecule has 28 heavy (non-hydrogen) atoms. The Morgan fingerprint density at radius 2 is 1.89 bits per heavy atom. The molecular weight excluding hydrogens is 374 g/mol. The summed E-state index contributed by atoms with van der Waals surface area (Å²) in [6, 6.07) is 7.45. The Morgan fingerprint density at radius 1 is 1.29 bits per heavy atom. The minimum Gasteiger partial charge on any atom is -0.507 e. The van der Waals surface area contributed by atoms with Crippen molar-refractivity contribution in [3.63, 3.8) is 0 Å². The molecule has 1 aliphatic rings. The Balaban J connectivity index is 0.000000670. The standard InChI is InChI=1S/C15H15NO3.C6H11Cl.C2H2/c1-3-14(17)13(15(18)19)7-6-11-5-4-10(2)12(8-11)9-16;7-6-4-2-1-3-5-6;1-2/h3-5,7-8,17H,6H2,1-2H3,(H,18,19);6H,1-5H2;1-2H/b13-7+,14-3+;;. The van der Waals surface area contributed by atoms with Crippen molar-refractivity contribution in [2.24, 2.45) is 0 Å². The third-order valence-corrected chi connectivity index (χ3v) is 4.72. The number of aliphatic hydroxyl groups excluding tert-OH is 1. The largest absolute Gasteiger partial charge is 0.507 e. The molecule has 1 aliphatic carbocycles. The molecule has 2 rings (SSSR count). The predicted octanol–water partition coefficient (Wildman–Crippen LogP) is 5.69. The number of allylic oxidation sites excluding steroid dienone is 2. The molecule has 1 fully saturated rings. The van der Waals surface area contributed by atoms with Gasteiger partial charge in [-0.15, -0.1) is 24.4 Å². The van der Waals surface area contributed by atoms with Crippen LogP contribution in [0, 0.1) is 31.1 Å². The molecule has 0 radical (unpaired) electrons. The van der Waals surface area contributed by atoms with Gasteiger partial charge in [0.1, 0.15) is 5.76 Å². The van der Waals surface area contributed by atoms with Crippen LogP contribution in [-0.2, 0) is 11.2 Å². The molecule has 1 saturated carbocycles. The lowest BCUT2D eigenvalue weighted by molar-refractivity contribution is -0.132. The van der Waals surface area contributed by atoms with Crippen molar-refractivity contribution in [2.75, 3.05) is 0 Å². The van der Waals surface area contributed by atoms with Gasteiger partial charge in [-0.05, 0) is 56.4 Å². The molecule has 4 nitrogen and oxygen atoms in total. The number of carboxylic acids is 1. The van der Waals surface area contributed by atoms with Gasteiger partial charge in [-0.25, -0.2) is 4.79 Å². The number of aliphatic carboxylic acids is 1. The van der Waals surface area contributed by atoms with Gasteiger partial charge in [-0.1, -0.05) is 37.5 Å². The van der Waals surface area contributed by atoms with Gasteiger partial charge in [0.05, 0.1) is 17.2 Å². The lowest BCUT2D eigenvalue weighted by atomic mass is 10.0. The summed E-state index contributed by atoms with van der Waals surface area (Å²) < 4.78 is 0. The average molecular weight is 402 g/mol. The first-order valence-corrected chi connectivity index (χ1v) is 9.58. The van der Waals surface area contributed by atoms with Crippen LogP contribution in [0.5, 0.6) is 0 Å². The Labute approximate surface area is 173 Å². The first-order valence-electron chi connectivity index (χ1n) is 9.15. The highest BCUT2D eigenvalue weighted by atomic mass is 35.5. The molecule has 0 heterocycles. The van der Waals surface area contributed by atoms with E-state index in [1.807, 2.05) is 19.1 Å². The van der Waals surface area contributed by atoms with E-state index < -0.39 is 5.97 Å². The number of rotatable bonds is 4. The number of halogens is 1. The summed E-state index contributed by atoms with van der Waals surface area (Å²) in [7, 11) is 0. The molecule has 0 unspecified atom stereocenters. The highest BCUT2D eigenvalue weighted by Gasteiger charge is 2.11. The van der Waals surface area contributed by atoms with Gasteiger partial charge in [0.2, 0.25) is 0 Å². The van der Waals surface area contributed by atoms with Crippen LogP contribution in [0.2, 0.25) is 0 Å². The summed E-state index contributed by atoms with van der Waals surface area (Å²) in [4.78, 5) is 11.0.